The molecule has 19 nitrogen and oxygen atoms in total. The molecule has 3 aliphatic heterocycles. The maximum Gasteiger partial charge on any atom is 0.187 e. The van der Waals surface area contributed by atoms with Crippen LogP contribution in [0.15, 0.2) is 0 Å². The van der Waals surface area contributed by atoms with Crippen molar-refractivity contribution >= 4 is 0 Å². The molecule has 0 aromatic carbocycles. The minimum Gasteiger partial charge on any atom is -0.394 e. The summed E-state index contributed by atoms with van der Waals surface area (Å²) in [6.45, 7) is -0.941. The third-order valence-corrected chi connectivity index (χ3v) is 8.26. The Hall–Kier alpha value is -0.760. The molecule has 42 heavy (non-hydrogen) atoms. The van der Waals surface area contributed by atoms with Crippen molar-refractivity contribution in [3.05, 3.63) is 0 Å². The zero-order valence-corrected chi connectivity index (χ0v) is 22.9. The molecule has 4 aliphatic rings. The number of aliphatic hydroxyl groups is 7. The zero-order chi connectivity index (χ0) is 31.1. The van der Waals surface area contributed by atoms with E-state index in [2.05, 4.69) is 0 Å². The van der Waals surface area contributed by atoms with Crippen molar-refractivity contribution in [2.24, 2.45) is 34.4 Å². The predicted octanol–water partition coefficient (Wildman–Crippen LogP) is -8.55. The van der Waals surface area contributed by atoms with Crippen molar-refractivity contribution in [1.29, 1.82) is 0 Å². The molecular weight excluding hydrogens is 568 g/mol. The van der Waals surface area contributed by atoms with Crippen LogP contribution in [0.1, 0.15) is 12.8 Å². The average molecular weight is 615 g/mol. The zero-order valence-electron chi connectivity index (χ0n) is 22.9. The fourth-order valence-corrected chi connectivity index (χ4v) is 5.82. The van der Waals surface area contributed by atoms with Gasteiger partial charge in [-0.15, -0.1) is 0 Å². The van der Waals surface area contributed by atoms with Gasteiger partial charge in [-0.3, -0.25) is 0 Å². The maximum absolute atomic E-state index is 11.1. The number of ether oxygens (including phenoxy) is 6. The highest BCUT2D eigenvalue weighted by Gasteiger charge is 2.54. The topological polar surface area (TPSA) is 353 Å². The molecular formula is C23H46N6O13. The highest BCUT2D eigenvalue weighted by atomic mass is 16.8. The second-order valence-electron chi connectivity index (χ2n) is 11.4. The number of hydrogen-bond acceptors (Lipinski definition) is 19. The lowest BCUT2D eigenvalue weighted by molar-refractivity contribution is -0.304. The fraction of sp³-hybridized carbons (Fsp3) is 1.00. The molecule has 0 radical (unpaired) electrons. The molecule has 1 saturated carbocycles. The first-order chi connectivity index (χ1) is 19.7. The highest BCUT2D eigenvalue weighted by Crippen LogP contribution is 2.35. The van der Waals surface area contributed by atoms with Crippen LogP contribution in [0.5, 0.6) is 0 Å². The van der Waals surface area contributed by atoms with Crippen molar-refractivity contribution in [3.63, 3.8) is 0 Å². The number of rotatable bonds is 9. The van der Waals surface area contributed by atoms with E-state index in [4.69, 9.17) is 62.8 Å². The van der Waals surface area contributed by atoms with Crippen LogP contribution < -0.4 is 34.4 Å². The highest BCUT2D eigenvalue weighted by molar-refractivity contribution is 5.00. The smallest absolute Gasteiger partial charge is 0.187 e. The van der Waals surface area contributed by atoms with E-state index in [9.17, 15) is 35.7 Å². The van der Waals surface area contributed by atoms with Crippen LogP contribution in [0.25, 0.3) is 0 Å². The van der Waals surface area contributed by atoms with Gasteiger partial charge in [0.25, 0.3) is 0 Å². The van der Waals surface area contributed by atoms with Gasteiger partial charge in [0.1, 0.15) is 66.8 Å². The molecule has 18 atom stereocenters. The van der Waals surface area contributed by atoms with Gasteiger partial charge in [-0.05, 0) is 0 Å². The quantitative estimate of drug-likeness (QED) is 0.107. The van der Waals surface area contributed by atoms with Crippen LogP contribution in [-0.2, 0) is 28.4 Å². The summed E-state index contributed by atoms with van der Waals surface area (Å²) in [6.07, 6.45) is -18.4. The van der Waals surface area contributed by atoms with Gasteiger partial charge < -0.3 is 98.6 Å². The van der Waals surface area contributed by atoms with E-state index in [1.54, 1.807) is 0 Å². The van der Waals surface area contributed by atoms with Gasteiger partial charge in [0.15, 0.2) is 18.9 Å². The molecule has 19 heteroatoms. The molecule has 0 amide bonds. The molecule has 19 N–H and O–H groups in total. The van der Waals surface area contributed by atoms with Gasteiger partial charge in [0, 0.05) is 32.0 Å². The van der Waals surface area contributed by atoms with Crippen LogP contribution in [0, 0.1) is 0 Å². The summed E-state index contributed by atoms with van der Waals surface area (Å²) in [6, 6.07) is -3.39. The Morgan fingerprint density at radius 3 is 1.60 bits per heavy atom. The first-order valence-corrected chi connectivity index (χ1v) is 13.8. The van der Waals surface area contributed by atoms with E-state index in [0.717, 1.165) is 0 Å². The summed E-state index contributed by atoms with van der Waals surface area (Å²) >= 11 is 0. The molecule has 1 unspecified atom stereocenters. The fourth-order valence-electron chi connectivity index (χ4n) is 5.82. The van der Waals surface area contributed by atoms with E-state index in [1.807, 2.05) is 0 Å². The Morgan fingerprint density at radius 2 is 1.12 bits per heavy atom. The first kappa shape index (κ1) is 34.1. The Kier molecular flexibility index (Phi) is 11.1. The van der Waals surface area contributed by atoms with Gasteiger partial charge in [-0.1, -0.05) is 0 Å². The molecule has 246 valence electrons. The Balaban J connectivity index is 1.49. The molecule has 0 aromatic heterocycles. The van der Waals surface area contributed by atoms with Gasteiger partial charge in [-0.25, -0.2) is 0 Å². The molecule has 0 bridgehead atoms. The van der Waals surface area contributed by atoms with Crippen molar-refractivity contribution in [3.8, 4) is 0 Å². The summed E-state index contributed by atoms with van der Waals surface area (Å²) < 4.78 is 34.7. The van der Waals surface area contributed by atoms with E-state index in [0.29, 0.717) is 0 Å². The monoisotopic (exact) mass is 614 g/mol. The van der Waals surface area contributed by atoms with E-state index in [1.165, 1.54) is 0 Å². The molecule has 0 spiro atoms. The van der Waals surface area contributed by atoms with Gasteiger partial charge in [-0.2, -0.15) is 0 Å². The molecule has 0 aromatic rings. The summed E-state index contributed by atoms with van der Waals surface area (Å²) in [7, 11) is 0. The standard InChI is InChI=1S/C23H46N6O13/c24-3-8-13(31)15(33)11(27)20(38-8)41-18-6(26)1-23(29,36)2-7(18)37-22-17(35)19(10(5-30)40-22)42-21-12(28)16(34)14(32)9(4-25)39-21/h6-22,30-36H,1-5,24-29H2/t6-,7+,8+,9-,10+,11+,12+,13+,14+,15+,16+,17+,18+,19+,20+,21+,22+,23?/m0/s1. The van der Waals surface area contributed by atoms with Crippen LogP contribution >= 0.6 is 0 Å². The van der Waals surface area contributed by atoms with E-state index in [-0.39, 0.29) is 25.9 Å². The number of hydrogen-bond donors (Lipinski definition) is 13. The van der Waals surface area contributed by atoms with Crippen LogP contribution in [-0.4, -0.2) is 165 Å². The van der Waals surface area contributed by atoms with Gasteiger partial charge in [0.05, 0.1) is 24.8 Å². The molecule has 3 saturated heterocycles. The third kappa shape index (κ3) is 6.89. The van der Waals surface area contributed by atoms with Crippen molar-refractivity contribution in [2.75, 3.05) is 19.7 Å². The largest absolute Gasteiger partial charge is 0.394 e. The number of aliphatic hydroxyl groups excluding tert-OH is 6. The SMILES string of the molecule is NC[C@@H]1O[C@H](O[C@H]2[C@@H](O)[C@H](O[C@@H]3CC(N)(O)C[C@H](N)[C@H]3O[C@H]3O[C@H](CN)[C@@H](O)[C@H](O)[C@H]3N)O[C@@H]2CO)[C@H](N)[C@@H](O)[C@@H]1O. The lowest BCUT2D eigenvalue weighted by Gasteiger charge is -2.47. The average Bonchev–Trinajstić information content (AvgIpc) is 3.23. The third-order valence-electron chi connectivity index (χ3n) is 8.26. The second kappa shape index (κ2) is 13.7. The summed E-state index contributed by atoms with van der Waals surface area (Å²) in [5, 5.41) is 72.6. The van der Waals surface area contributed by atoms with Crippen molar-refractivity contribution < 1.29 is 64.2 Å². The lowest BCUT2D eigenvalue weighted by Crippen LogP contribution is -2.67. The van der Waals surface area contributed by atoms with E-state index < -0.39 is 116 Å². The van der Waals surface area contributed by atoms with E-state index >= 15 is 0 Å². The van der Waals surface area contributed by atoms with Crippen molar-refractivity contribution in [2.45, 2.75) is 123 Å². The van der Waals surface area contributed by atoms with Crippen LogP contribution in [0.2, 0.25) is 0 Å². The molecule has 4 fully saturated rings. The predicted molar refractivity (Wildman–Crippen MR) is 138 cm³/mol. The number of nitrogens with two attached hydrogens (primary N) is 6. The summed E-state index contributed by atoms with van der Waals surface area (Å²) in [5.74, 6) is 0. The van der Waals surface area contributed by atoms with Crippen LogP contribution in [0.4, 0.5) is 0 Å². The second-order valence-corrected chi connectivity index (χ2v) is 11.4. The molecule has 4 rings (SSSR count). The lowest BCUT2D eigenvalue weighted by atomic mass is 9.84. The Morgan fingerprint density at radius 1 is 0.643 bits per heavy atom. The Labute approximate surface area is 241 Å². The normalized spacial score (nSPS) is 53.8. The van der Waals surface area contributed by atoms with Crippen LogP contribution in [0.3, 0.4) is 0 Å². The molecule has 1 aliphatic carbocycles. The van der Waals surface area contributed by atoms with Gasteiger partial charge in [0.2, 0.25) is 0 Å². The minimum atomic E-state index is -1.80. The maximum atomic E-state index is 11.1. The van der Waals surface area contributed by atoms with Crippen molar-refractivity contribution in [1.82, 2.24) is 0 Å². The molecule has 3 heterocycles. The Bertz CT molecular complexity index is 879. The minimum absolute atomic E-state index is 0.128. The van der Waals surface area contributed by atoms with Gasteiger partial charge >= 0.3 is 0 Å². The summed E-state index contributed by atoms with van der Waals surface area (Å²) in [5.41, 5.74) is 33.7. The first-order valence-electron chi connectivity index (χ1n) is 13.8. The summed E-state index contributed by atoms with van der Waals surface area (Å²) in [4.78, 5) is 0.